The Kier molecular flexibility index (Phi) is 5.07. The van der Waals surface area contributed by atoms with Crippen LogP contribution in [0.5, 0.6) is 0 Å². The van der Waals surface area contributed by atoms with Gasteiger partial charge in [-0.1, -0.05) is 23.7 Å². The van der Waals surface area contributed by atoms with E-state index < -0.39 is 0 Å². The highest BCUT2D eigenvalue weighted by molar-refractivity contribution is 7.08. The van der Waals surface area contributed by atoms with Crippen LogP contribution in [0, 0.1) is 0 Å². The van der Waals surface area contributed by atoms with Crippen LogP contribution in [0.25, 0.3) is 17.0 Å². The largest absolute Gasteiger partial charge is 0.375 e. The van der Waals surface area contributed by atoms with Crippen LogP contribution in [0.1, 0.15) is 18.6 Å². The predicted octanol–water partition coefficient (Wildman–Crippen LogP) is 4.69. The second kappa shape index (κ2) is 7.64. The molecule has 27 heavy (non-hydrogen) atoms. The third-order valence-electron chi connectivity index (χ3n) is 4.32. The molecule has 0 radical (unpaired) electrons. The quantitative estimate of drug-likeness (QED) is 0.509. The lowest BCUT2D eigenvalue weighted by molar-refractivity contribution is 0.0906. The molecule has 1 aromatic carbocycles. The van der Waals surface area contributed by atoms with Gasteiger partial charge in [0, 0.05) is 23.1 Å². The minimum Gasteiger partial charge on any atom is -0.375 e. The van der Waals surface area contributed by atoms with E-state index in [2.05, 4.69) is 27.5 Å². The Labute approximate surface area is 165 Å². The van der Waals surface area contributed by atoms with Gasteiger partial charge >= 0.3 is 0 Å². The molecule has 3 heterocycles. The third-order valence-corrected chi connectivity index (χ3v) is 5.26. The number of benzene rings is 1. The van der Waals surface area contributed by atoms with Crippen LogP contribution in [-0.2, 0) is 4.74 Å². The van der Waals surface area contributed by atoms with Gasteiger partial charge in [-0.2, -0.15) is 15.9 Å². The van der Waals surface area contributed by atoms with E-state index >= 15 is 0 Å². The Hall–Kier alpha value is -2.48. The molecule has 1 N–H and O–H groups in total. The van der Waals surface area contributed by atoms with Gasteiger partial charge in [0.15, 0.2) is 11.5 Å². The smallest absolute Gasteiger partial charge is 0.186 e. The molecule has 0 aliphatic carbocycles. The summed E-state index contributed by atoms with van der Waals surface area (Å²) in [7, 11) is 1.70. The number of fused-ring (bicyclic) bond motifs is 1. The van der Waals surface area contributed by atoms with E-state index in [9.17, 15) is 0 Å². The Morgan fingerprint density at radius 2 is 1.93 bits per heavy atom. The highest BCUT2D eigenvalue weighted by Crippen LogP contribution is 2.25. The fourth-order valence-electron chi connectivity index (χ4n) is 3.03. The second-order valence-corrected chi connectivity index (χ2v) is 7.38. The normalized spacial score (nSPS) is 13.6. The fraction of sp³-hybridized carbons (Fsp3) is 0.211. The summed E-state index contributed by atoms with van der Waals surface area (Å²) in [6.07, 6.45) is -0.142. The first-order chi connectivity index (χ1) is 13.2. The molecule has 2 unspecified atom stereocenters. The SMILES string of the molecule is COC(c1ccc(Cl)cc1)C(C)Nc1ccc2nnc(-c3ccsc3)n2n1. The van der Waals surface area contributed by atoms with Crippen LogP contribution in [0.4, 0.5) is 5.82 Å². The van der Waals surface area contributed by atoms with E-state index in [0.717, 1.165) is 22.8 Å². The lowest BCUT2D eigenvalue weighted by atomic mass is 10.0. The van der Waals surface area contributed by atoms with E-state index in [0.29, 0.717) is 10.7 Å². The summed E-state index contributed by atoms with van der Waals surface area (Å²) in [5.41, 5.74) is 2.75. The van der Waals surface area contributed by atoms with Gasteiger partial charge in [-0.05, 0) is 48.2 Å². The van der Waals surface area contributed by atoms with Gasteiger partial charge in [0.05, 0.1) is 6.04 Å². The topological polar surface area (TPSA) is 64.3 Å². The van der Waals surface area contributed by atoms with Crippen LogP contribution in [0.2, 0.25) is 5.02 Å². The standard InChI is InChI=1S/C19H18ClN5OS/c1-12(18(26-2)13-3-5-15(20)6-4-13)21-16-7-8-17-22-23-19(25(17)24-16)14-9-10-27-11-14/h3-12,18H,1-2H3,(H,21,24). The van der Waals surface area contributed by atoms with Crippen LogP contribution < -0.4 is 5.32 Å². The molecule has 0 aliphatic heterocycles. The van der Waals surface area contributed by atoms with Crippen molar-refractivity contribution in [3.8, 4) is 11.4 Å². The Morgan fingerprint density at radius 3 is 2.63 bits per heavy atom. The summed E-state index contributed by atoms with van der Waals surface area (Å²) >= 11 is 7.61. The summed E-state index contributed by atoms with van der Waals surface area (Å²) in [4.78, 5) is 0. The zero-order valence-corrected chi connectivity index (χ0v) is 16.4. The zero-order valence-electron chi connectivity index (χ0n) is 14.8. The number of nitrogens with zero attached hydrogens (tertiary/aromatic N) is 4. The maximum atomic E-state index is 5.99. The summed E-state index contributed by atoms with van der Waals surface area (Å²) < 4.78 is 7.45. The summed E-state index contributed by atoms with van der Waals surface area (Å²) in [5, 5.41) is 21.3. The minimum atomic E-state index is -0.142. The van der Waals surface area contributed by atoms with E-state index in [4.69, 9.17) is 16.3 Å². The first-order valence-electron chi connectivity index (χ1n) is 8.45. The van der Waals surface area contributed by atoms with E-state index in [1.165, 1.54) is 0 Å². The van der Waals surface area contributed by atoms with Crippen LogP contribution in [0.3, 0.4) is 0 Å². The van der Waals surface area contributed by atoms with Crippen molar-refractivity contribution in [3.63, 3.8) is 0 Å². The van der Waals surface area contributed by atoms with Crippen molar-refractivity contribution in [2.45, 2.75) is 19.1 Å². The molecular formula is C19H18ClN5OS. The zero-order chi connectivity index (χ0) is 18.8. The average Bonchev–Trinajstić information content (AvgIpc) is 3.33. The molecule has 0 aliphatic rings. The molecule has 0 saturated heterocycles. The van der Waals surface area contributed by atoms with Crippen LogP contribution in [0.15, 0.2) is 53.2 Å². The third kappa shape index (κ3) is 3.66. The van der Waals surface area contributed by atoms with Crippen molar-refractivity contribution in [3.05, 3.63) is 63.8 Å². The number of aromatic nitrogens is 4. The van der Waals surface area contributed by atoms with Crippen molar-refractivity contribution in [2.24, 2.45) is 0 Å². The Bertz CT molecular complexity index is 1030. The molecule has 8 heteroatoms. The molecule has 0 fully saturated rings. The average molecular weight is 400 g/mol. The van der Waals surface area contributed by atoms with Crippen molar-refractivity contribution in [1.82, 2.24) is 19.8 Å². The fourth-order valence-corrected chi connectivity index (χ4v) is 3.79. The Morgan fingerprint density at radius 1 is 1.11 bits per heavy atom. The molecule has 3 aromatic heterocycles. The molecule has 0 spiro atoms. The molecule has 2 atom stereocenters. The number of ether oxygens (including phenoxy) is 1. The Balaban J connectivity index is 1.60. The number of halogens is 1. The number of nitrogens with one attached hydrogen (secondary N) is 1. The van der Waals surface area contributed by atoms with Crippen LogP contribution >= 0.6 is 22.9 Å². The molecule has 0 bridgehead atoms. The van der Waals surface area contributed by atoms with E-state index in [-0.39, 0.29) is 12.1 Å². The highest BCUT2D eigenvalue weighted by Gasteiger charge is 2.20. The summed E-state index contributed by atoms with van der Waals surface area (Å²) in [6, 6.07) is 13.5. The molecule has 4 rings (SSSR count). The lowest BCUT2D eigenvalue weighted by Gasteiger charge is -2.24. The van der Waals surface area contributed by atoms with Gasteiger partial charge in [-0.15, -0.1) is 15.3 Å². The predicted molar refractivity (Wildman–Crippen MR) is 108 cm³/mol. The molecular weight excluding hydrogens is 382 g/mol. The summed E-state index contributed by atoms with van der Waals surface area (Å²) in [5.74, 6) is 1.45. The van der Waals surface area contributed by atoms with Gasteiger partial charge in [-0.3, -0.25) is 0 Å². The number of methoxy groups -OCH3 is 1. The van der Waals surface area contributed by atoms with Gasteiger partial charge < -0.3 is 10.1 Å². The van der Waals surface area contributed by atoms with Gasteiger partial charge in [0.1, 0.15) is 11.9 Å². The first-order valence-corrected chi connectivity index (χ1v) is 9.77. The van der Waals surface area contributed by atoms with Gasteiger partial charge in [0.2, 0.25) is 0 Å². The molecule has 138 valence electrons. The second-order valence-electron chi connectivity index (χ2n) is 6.17. The van der Waals surface area contributed by atoms with Crippen molar-refractivity contribution in [2.75, 3.05) is 12.4 Å². The molecule has 0 amide bonds. The summed E-state index contributed by atoms with van der Waals surface area (Å²) in [6.45, 7) is 2.06. The number of thiophene rings is 1. The lowest BCUT2D eigenvalue weighted by Crippen LogP contribution is -2.26. The molecule has 0 saturated carbocycles. The maximum absolute atomic E-state index is 5.99. The van der Waals surface area contributed by atoms with E-state index in [1.54, 1.807) is 23.0 Å². The monoisotopic (exact) mass is 399 g/mol. The number of hydrogen-bond acceptors (Lipinski definition) is 6. The van der Waals surface area contributed by atoms with Crippen molar-refractivity contribution < 1.29 is 4.74 Å². The van der Waals surface area contributed by atoms with Crippen molar-refractivity contribution in [1.29, 1.82) is 0 Å². The number of hydrogen-bond donors (Lipinski definition) is 1. The highest BCUT2D eigenvalue weighted by atomic mass is 35.5. The van der Waals surface area contributed by atoms with Crippen LogP contribution in [-0.4, -0.2) is 33.0 Å². The molecule has 4 aromatic rings. The minimum absolute atomic E-state index is 0.0118. The van der Waals surface area contributed by atoms with Crippen molar-refractivity contribution >= 4 is 34.4 Å². The first kappa shape index (κ1) is 17.9. The number of rotatable bonds is 6. The van der Waals surface area contributed by atoms with E-state index in [1.807, 2.05) is 53.2 Å². The van der Waals surface area contributed by atoms with Gasteiger partial charge in [0.25, 0.3) is 0 Å². The number of anilines is 1. The maximum Gasteiger partial charge on any atom is 0.186 e. The van der Waals surface area contributed by atoms with Gasteiger partial charge in [-0.25, -0.2) is 0 Å². The molecule has 6 nitrogen and oxygen atoms in total.